The molecule has 1 aliphatic rings. The van der Waals surface area contributed by atoms with Crippen LogP contribution in [0.5, 0.6) is 0 Å². The smallest absolute Gasteiger partial charge is 0.347 e. The first kappa shape index (κ1) is 10.7. The second-order valence-corrected chi connectivity index (χ2v) is 4.12. The van der Waals surface area contributed by atoms with E-state index in [2.05, 4.69) is 9.97 Å². The molecule has 1 N–H and O–H groups in total. The average molecular weight is 218 g/mol. The molecule has 0 atom stereocenters. The summed E-state index contributed by atoms with van der Waals surface area (Å²) in [6.45, 7) is 0. The van der Waals surface area contributed by atoms with Gasteiger partial charge in [0.2, 0.25) is 0 Å². The van der Waals surface area contributed by atoms with Crippen LogP contribution in [-0.4, -0.2) is 23.1 Å². The number of nitrogens with zero attached hydrogens (tertiary/aromatic N) is 3. The zero-order valence-corrected chi connectivity index (χ0v) is 9.23. The maximum absolute atomic E-state index is 11.2. The number of rotatable bonds is 2. The van der Waals surface area contributed by atoms with E-state index in [0.29, 0.717) is 11.9 Å². The molecule has 0 bridgehead atoms. The molecule has 0 aromatic carbocycles. The average Bonchev–Trinajstić information content (AvgIpc) is 2.80. The third kappa shape index (κ3) is 2.06. The minimum absolute atomic E-state index is 0.264. The minimum Gasteiger partial charge on any atom is -0.356 e. The van der Waals surface area contributed by atoms with Crippen LogP contribution >= 0.6 is 0 Å². The third-order valence-corrected chi connectivity index (χ3v) is 3.09. The molecule has 0 amide bonds. The number of aromatic nitrogens is 2. The number of nitriles is 1. The predicted molar refractivity (Wildman–Crippen MR) is 60.2 cm³/mol. The minimum atomic E-state index is -0.459. The Labute approximate surface area is 93.7 Å². The molecule has 2 rings (SSSR count). The van der Waals surface area contributed by atoms with Gasteiger partial charge in [-0.05, 0) is 12.8 Å². The van der Waals surface area contributed by atoms with Gasteiger partial charge in [-0.3, -0.25) is 4.98 Å². The molecule has 0 spiro atoms. The number of aromatic amines is 1. The van der Waals surface area contributed by atoms with Gasteiger partial charge in [0.25, 0.3) is 0 Å². The summed E-state index contributed by atoms with van der Waals surface area (Å²) in [5.41, 5.74) is -0.196. The standard InChI is InChI=1S/C11H14N4O/c1-15(9-4-2-3-5-9)10-6-8(7-12)13-11(16)14-10/h6,9H,2-5H2,1H3,(H,13,14,16). The van der Waals surface area contributed by atoms with Crippen molar-refractivity contribution in [2.24, 2.45) is 0 Å². The maximum Gasteiger partial charge on any atom is 0.347 e. The second kappa shape index (κ2) is 4.35. The Morgan fingerprint density at radius 1 is 1.56 bits per heavy atom. The van der Waals surface area contributed by atoms with E-state index in [1.165, 1.54) is 12.8 Å². The van der Waals surface area contributed by atoms with Crippen LogP contribution in [0.1, 0.15) is 31.4 Å². The molecule has 0 radical (unpaired) electrons. The van der Waals surface area contributed by atoms with Crippen LogP contribution in [-0.2, 0) is 0 Å². The van der Waals surface area contributed by atoms with E-state index in [-0.39, 0.29) is 5.69 Å². The van der Waals surface area contributed by atoms with Gasteiger partial charge in [0.1, 0.15) is 17.6 Å². The van der Waals surface area contributed by atoms with Gasteiger partial charge in [-0.1, -0.05) is 12.8 Å². The molecular formula is C11H14N4O. The topological polar surface area (TPSA) is 72.8 Å². The molecule has 5 nitrogen and oxygen atoms in total. The van der Waals surface area contributed by atoms with Gasteiger partial charge >= 0.3 is 5.69 Å². The van der Waals surface area contributed by atoms with Crippen LogP contribution in [0.4, 0.5) is 5.82 Å². The van der Waals surface area contributed by atoms with Crippen molar-refractivity contribution in [3.05, 3.63) is 22.2 Å². The first-order valence-electron chi connectivity index (χ1n) is 5.45. The lowest BCUT2D eigenvalue weighted by Crippen LogP contribution is -2.31. The lowest BCUT2D eigenvalue weighted by atomic mass is 10.2. The summed E-state index contributed by atoms with van der Waals surface area (Å²) in [6.07, 6.45) is 4.71. The fourth-order valence-electron chi connectivity index (χ4n) is 2.16. The second-order valence-electron chi connectivity index (χ2n) is 4.12. The summed E-state index contributed by atoms with van der Waals surface area (Å²) in [5, 5.41) is 8.77. The molecule has 5 heteroatoms. The highest BCUT2D eigenvalue weighted by Crippen LogP contribution is 2.25. The van der Waals surface area contributed by atoms with E-state index in [1.807, 2.05) is 18.0 Å². The van der Waals surface area contributed by atoms with Gasteiger partial charge in [-0.15, -0.1) is 0 Å². The van der Waals surface area contributed by atoms with Crippen molar-refractivity contribution < 1.29 is 0 Å². The van der Waals surface area contributed by atoms with Crippen LogP contribution in [0.3, 0.4) is 0 Å². The van der Waals surface area contributed by atoms with Gasteiger partial charge in [-0.25, -0.2) is 4.79 Å². The van der Waals surface area contributed by atoms with E-state index in [4.69, 9.17) is 5.26 Å². The molecule has 1 heterocycles. The molecule has 1 saturated carbocycles. The van der Waals surface area contributed by atoms with Crippen LogP contribution < -0.4 is 10.6 Å². The van der Waals surface area contributed by atoms with Gasteiger partial charge in [0.15, 0.2) is 0 Å². The van der Waals surface area contributed by atoms with Gasteiger partial charge in [0, 0.05) is 19.2 Å². The molecule has 1 aromatic heterocycles. The van der Waals surface area contributed by atoms with Crippen molar-refractivity contribution in [3.8, 4) is 6.07 Å². The van der Waals surface area contributed by atoms with Crippen LogP contribution in [0, 0.1) is 11.3 Å². The fraction of sp³-hybridized carbons (Fsp3) is 0.545. The van der Waals surface area contributed by atoms with Gasteiger partial charge in [0.05, 0.1) is 0 Å². The largest absolute Gasteiger partial charge is 0.356 e. The molecule has 0 saturated heterocycles. The highest BCUT2D eigenvalue weighted by Gasteiger charge is 2.21. The maximum atomic E-state index is 11.2. The van der Waals surface area contributed by atoms with E-state index in [1.54, 1.807) is 6.07 Å². The molecule has 84 valence electrons. The fourth-order valence-corrected chi connectivity index (χ4v) is 2.16. The number of nitrogens with one attached hydrogen (secondary N) is 1. The van der Waals surface area contributed by atoms with Crippen molar-refractivity contribution >= 4 is 5.82 Å². The summed E-state index contributed by atoms with van der Waals surface area (Å²) < 4.78 is 0. The molecule has 1 aliphatic carbocycles. The van der Waals surface area contributed by atoms with E-state index < -0.39 is 5.69 Å². The van der Waals surface area contributed by atoms with Crippen molar-refractivity contribution in [1.29, 1.82) is 5.26 Å². The SMILES string of the molecule is CN(c1cc(C#N)[nH]c(=O)n1)C1CCCC1. The van der Waals surface area contributed by atoms with Crippen LogP contribution in [0.2, 0.25) is 0 Å². The van der Waals surface area contributed by atoms with E-state index in [0.717, 1.165) is 12.8 Å². The van der Waals surface area contributed by atoms with E-state index in [9.17, 15) is 4.79 Å². The summed E-state index contributed by atoms with van der Waals surface area (Å²) in [4.78, 5) is 19.5. The molecule has 1 aromatic rings. The predicted octanol–water partition coefficient (Wildman–Crippen LogP) is 1.02. The lowest BCUT2D eigenvalue weighted by Gasteiger charge is -2.24. The van der Waals surface area contributed by atoms with Crippen molar-refractivity contribution in [2.75, 3.05) is 11.9 Å². The summed E-state index contributed by atoms with van der Waals surface area (Å²) in [6, 6.07) is 4.00. The quantitative estimate of drug-likeness (QED) is 0.804. The number of hydrogen-bond donors (Lipinski definition) is 1. The molecule has 0 aliphatic heterocycles. The highest BCUT2D eigenvalue weighted by molar-refractivity contribution is 5.42. The Morgan fingerprint density at radius 3 is 2.88 bits per heavy atom. The monoisotopic (exact) mass is 218 g/mol. The zero-order valence-electron chi connectivity index (χ0n) is 9.23. The Hall–Kier alpha value is -1.83. The Kier molecular flexibility index (Phi) is 2.91. The molecule has 16 heavy (non-hydrogen) atoms. The number of anilines is 1. The highest BCUT2D eigenvalue weighted by atomic mass is 16.1. The normalized spacial score (nSPS) is 16.0. The Bertz CT molecular complexity index is 468. The van der Waals surface area contributed by atoms with Gasteiger partial charge in [-0.2, -0.15) is 10.2 Å². The Morgan fingerprint density at radius 2 is 2.25 bits per heavy atom. The Balaban J connectivity index is 2.29. The summed E-state index contributed by atoms with van der Waals surface area (Å²) in [7, 11) is 1.93. The molecule has 1 fully saturated rings. The number of hydrogen-bond acceptors (Lipinski definition) is 4. The zero-order chi connectivity index (χ0) is 11.5. The first-order chi connectivity index (χ1) is 7.70. The summed E-state index contributed by atoms with van der Waals surface area (Å²) >= 11 is 0. The lowest BCUT2D eigenvalue weighted by molar-refractivity contribution is 0.644. The van der Waals surface area contributed by atoms with Crippen molar-refractivity contribution in [3.63, 3.8) is 0 Å². The van der Waals surface area contributed by atoms with Crippen molar-refractivity contribution in [2.45, 2.75) is 31.7 Å². The van der Waals surface area contributed by atoms with Crippen molar-refractivity contribution in [1.82, 2.24) is 9.97 Å². The third-order valence-electron chi connectivity index (χ3n) is 3.09. The number of H-pyrrole nitrogens is 1. The van der Waals surface area contributed by atoms with Crippen LogP contribution in [0.15, 0.2) is 10.9 Å². The molecular weight excluding hydrogens is 204 g/mol. The first-order valence-corrected chi connectivity index (χ1v) is 5.45. The van der Waals surface area contributed by atoms with Crippen LogP contribution in [0.25, 0.3) is 0 Å². The van der Waals surface area contributed by atoms with E-state index >= 15 is 0 Å². The van der Waals surface area contributed by atoms with Gasteiger partial charge < -0.3 is 4.90 Å². The summed E-state index contributed by atoms with van der Waals surface area (Å²) in [5.74, 6) is 0.590. The molecule has 0 unspecified atom stereocenters.